The molecule has 0 saturated carbocycles. The summed E-state index contributed by atoms with van der Waals surface area (Å²) in [6.07, 6.45) is 3.45. The molecule has 0 fully saturated rings. The monoisotopic (exact) mass is 261 g/mol. The lowest BCUT2D eigenvalue weighted by molar-refractivity contribution is 0.636. The number of benzene rings is 1. The number of nitrogens with zero attached hydrogens (tertiary/aromatic N) is 2. The standard InChI is InChI=1S/C14H16ClN3/c1-2-10(16)9-11-7-8-17-14(18-11)12-5-3-4-6-13(12)15/h3-8,10H,2,9,16H2,1H3. The van der Waals surface area contributed by atoms with Crippen LogP contribution in [0.3, 0.4) is 0 Å². The van der Waals surface area contributed by atoms with Crippen molar-refractivity contribution in [3.8, 4) is 11.4 Å². The van der Waals surface area contributed by atoms with Crippen molar-refractivity contribution in [2.24, 2.45) is 5.73 Å². The van der Waals surface area contributed by atoms with E-state index in [1.807, 2.05) is 30.3 Å². The molecule has 1 heterocycles. The van der Waals surface area contributed by atoms with E-state index in [9.17, 15) is 0 Å². The maximum atomic E-state index is 6.14. The van der Waals surface area contributed by atoms with Gasteiger partial charge in [-0.2, -0.15) is 0 Å². The van der Waals surface area contributed by atoms with E-state index in [1.165, 1.54) is 0 Å². The van der Waals surface area contributed by atoms with Crippen molar-refractivity contribution in [3.63, 3.8) is 0 Å². The van der Waals surface area contributed by atoms with E-state index in [1.54, 1.807) is 6.20 Å². The molecule has 2 N–H and O–H groups in total. The molecule has 1 unspecified atom stereocenters. The predicted octanol–water partition coefficient (Wildman–Crippen LogP) is 3.08. The third kappa shape index (κ3) is 3.06. The second-order valence-electron chi connectivity index (χ2n) is 4.22. The van der Waals surface area contributed by atoms with Crippen molar-refractivity contribution >= 4 is 11.6 Å². The van der Waals surface area contributed by atoms with Crippen LogP contribution in [0.4, 0.5) is 0 Å². The summed E-state index contributed by atoms with van der Waals surface area (Å²) in [7, 11) is 0. The molecule has 0 bridgehead atoms. The Morgan fingerprint density at radius 2 is 2.06 bits per heavy atom. The van der Waals surface area contributed by atoms with Crippen molar-refractivity contribution in [1.29, 1.82) is 0 Å². The second-order valence-corrected chi connectivity index (χ2v) is 4.63. The molecule has 94 valence electrons. The summed E-state index contributed by atoms with van der Waals surface area (Å²) in [6, 6.07) is 9.61. The average Bonchev–Trinajstić information content (AvgIpc) is 2.39. The van der Waals surface area contributed by atoms with Gasteiger partial charge in [-0.3, -0.25) is 0 Å². The normalized spacial score (nSPS) is 12.4. The molecule has 0 amide bonds. The molecule has 0 aliphatic carbocycles. The smallest absolute Gasteiger partial charge is 0.160 e. The van der Waals surface area contributed by atoms with E-state index in [2.05, 4.69) is 16.9 Å². The minimum atomic E-state index is 0.138. The number of hydrogen-bond donors (Lipinski definition) is 1. The molecule has 4 heteroatoms. The van der Waals surface area contributed by atoms with Crippen LogP contribution in [-0.2, 0) is 6.42 Å². The van der Waals surface area contributed by atoms with E-state index < -0.39 is 0 Å². The van der Waals surface area contributed by atoms with Crippen LogP contribution in [-0.4, -0.2) is 16.0 Å². The molecule has 3 nitrogen and oxygen atoms in total. The lowest BCUT2D eigenvalue weighted by Gasteiger charge is -2.09. The highest BCUT2D eigenvalue weighted by atomic mass is 35.5. The first-order valence-electron chi connectivity index (χ1n) is 6.03. The topological polar surface area (TPSA) is 51.8 Å². The Morgan fingerprint density at radius 3 is 2.78 bits per heavy atom. The maximum Gasteiger partial charge on any atom is 0.160 e. The molecule has 0 spiro atoms. The van der Waals surface area contributed by atoms with Crippen LogP contribution in [0.1, 0.15) is 19.0 Å². The van der Waals surface area contributed by atoms with Gasteiger partial charge in [-0.05, 0) is 24.6 Å². The van der Waals surface area contributed by atoms with Gasteiger partial charge in [-0.25, -0.2) is 9.97 Å². The molecular weight excluding hydrogens is 246 g/mol. The van der Waals surface area contributed by atoms with Gasteiger partial charge in [-0.15, -0.1) is 0 Å². The van der Waals surface area contributed by atoms with Gasteiger partial charge in [0.1, 0.15) is 0 Å². The zero-order valence-corrected chi connectivity index (χ0v) is 11.1. The van der Waals surface area contributed by atoms with Gasteiger partial charge in [0.25, 0.3) is 0 Å². The molecule has 0 aliphatic rings. The molecule has 0 saturated heterocycles. The van der Waals surface area contributed by atoms with Crippen LogP contribution in [0.5, 0.6) is 0 Å². The van der Waals surface area contributed by atoms with Crippen LogP contribution in [0.15, 0.2) is 36.5 Å². The van der Waals surface area contributed by atoms with E-state index in [0.29, 0.717) is 10.8 Å². The highest BCUT2D eigenvalue weighted by Crippen LogP contribution is 2.24. The van der Waals surface area contributed by atoms with Gasteiger partial charge < -0.3 is 5.73 Å². The lowest BCUT2D eigenvalue weighted by Crippen LogP contribution is -2.22. The number of hydrogen-bond acceptors (Lipinski definition) is 3. The number of nitrogens with two attached hydrogens (primary N) is 1. The Hall–Kier alpha value is -1.45. The molecular formula is C14H16ClN3. The van der Waals surface area contributed by atoms with Crippen molar-refractivity contribution in [2.75, 3.05) is 0 Å². The fraction of sp³-hybridized carbons (Fsp3) is 0.286. The first kappa shape index (κ1) is 13.0. The Bertz CT molecular complexity index is 528. The Balaban J connectivity index is 2.30. The zero-order chi connectivity index (χ0) is 13.0. The zero-order valence-electron chi connectivity index (χ0n) is 10.3. The summed E-state index contributed by atoms with van der Waals surface area (Å²) in [5.41, 5.74) is 7.74. The summed E-state index contributed by atoms with van der Waals surface area (Å²) < 4.78 is 0. The summed E-state index contributed by atoms with van der Waals surface area (Å²) in [5, 5.41) is 0.662. The Labute approximate surface area is 112 Å². The van der Waals surface area contributed by atoms with Gasteiger partial charge in [0.05, 0.1) is 5.02 Å². The fourth-order valence-electron chi connectivity index (χ4n) is 1.70. The van der Waals surface area contributed by atoms with Gasteiger partial charge >= 0.3 is 0 Å². The second kappa shape index (κ2) is 5.94. The summed E-state index contributed by atoms with van der Waals surface area (Å²) in [5.74, 6) is 0.654. The highest BCUT2D eigenvalue weighted by Gasteiger charge is 2.08. The quantitative estimate of drug-likeness (QED) is 0.920. The summed E-state index contributed by atoms with van der Waals surface area (Å²) in [6.45, 7) is 2.07. The van der Waals surface area contributed by atoms with Crippen LogP contribution in [0.25, 0.3) is 11.4 Å². The van der Waals surface area contributed by atoms with Crippen LogP contribution in [0.2, 0.25) is 5.02 Å². The maximum absolute atomic E-state index is 6.14. The van der Waals surface area contributed by atoms with Crippen LogP contribution in [0, 0.1) is 0 Å². The first-order valence-corrected chi connectivity index (χ1v) is 6.41. The van der Waals surface area contributed by atoms with Crippen LogP contribution < -0.4 is 5.73 Å². The molecule has 0 radical (unpaired) electrons. The first-order chi connectivity index (χ1) is 8.70. The molecule has 18 heavy (non-hydrogen) atoms. The summed E-state index contributed by atoms with van der Waals surface area (Å²) in [4.78, 5) is 8.78. The Morgan fingerprint density at radius 1 is 1.28 bits per heavy atom. The summed E-state index contributed by atoms with van der Waals surface area (Å²) >= 11 is 6.14. The molecule has 1 atom stereocenters. The van der Waals surface area contributed by atoms with Gasteiger partial charge in [0.2, 0.25) is 0 Å². The van der Waals surface area contributed by atoms with Crippen molar-refractivity contribution in [2.45, 2.75) is 25.8 Å². The third-order valence-corrected chi connectivity index (χ3v) is 3.15. The third-order valence-electron chi connectivity index (χ3n) is 2.82. The minimum absolute atomic E-state index is 0.138. The van der Waals surface area contributed by atoms with Crippen molar-refractivity contribution < 1.29 is 0 Å². The fourth-order valence-corrected chi connectivity index (χ4v) is 1.92. The molecule has 1 aromatic heterocycles. The average molecular weight is 262 g/mol. The van der Waals surface area contributed by atoms with Crippen molar-refractivity contribution in [1.82, 2.24) is 9.97 Å². The van der Waals surface area contributed by atoms with E-state index >= 15 is 0 Å². The molecule has 2 rings (SSSR count). The Kier molecular flexibility index (Phi) is 4.28. The molecule has 1 aromatic carbocycles. The SMILES string of the molecule is CCC(N)Cc1ccnc(-c2ccccc2Cl)n1. The molecule has 0 aliphatic heterocycles. The van der Waals surface area contributed by atoms with E-state index in [4.69, 9.17) is 17.3 Å². The minimum Gasteiger partial charge on any atom is -0.327 e. The molecule has 2 aromatic rings. The lowest BCUT2D eigenvalue weighted by atomic mass is 10.1. The highest BCUT2D eigenvalue weighted by molar-refractivity contribution is 6.33. The van der Waals surface area contributed by atoms with Crippen molar-refractivity contribution in [3.05, 3.63) is 47.2 Å². The van der Waals surface area contributed by atoms with E-state index in [-0.39, 0.29) is 6.04 Å². The van der Waals surface area contributed by atoms with Crippen LogP contribution >= 0.6 is 11.6 Å². The number of halogens is 1. The largest absolute Gasteiger partial charge is 0.327 e. The van der Waals surface area contributed by atoms with Gasteiger partial charge in [-0.1, -0.05) is 30.7 Å². The number of rotatable bonds is 4. The van der Waals surface area contributed by atoms with Gasteiger partial charge in [0.15, 0.2) is 5.82 Å². The van der Waals surface area contributed by atoms with Gasteiger partial charge in [0, 0.05) is 29.9 Å². The number of aromatic nitrogens is 2. The predicted molar refractivity (Wildman–Crippen MR) is 74.4 cm³/mol. The van der Waals surface area contributed by atoms with E-state index in [0.717, 1.165) is 24.1 Å².